The van der Waals surface area contributed by atoms with Crippen molar-refractivity contribution in [3.05, 3.63) is 88.2 Å². The van der Waals surface area contributed by atoms with Crippen LogP contribution in [0.1, 0.15) is 51.3 Å². The number of fused-ring (bicyclic) bond motifs is 1. The van der Waals surface area contributed by atoms with E-state index in [9.17, 15) is 18.3 Å². The fourth-order valence-electron chi connectivity index (χ4n) is 5.87. The minimum atomic E-state index is -4.04. The Labute approximate surface area is 257 Å². The van der Waals surface area contributed by atoms with Crippen molar-refractivity contribution in [1.29, 1.82) is 0 Å². The summed E-state index contributed by atoms with van der Waals surface area (Å²) in [5, 5.41) is 14.1. The molecule has 2 aliphatic heterocycles. The second-order valence-electron chi connectivity index (χ2n) is 11.5. The van der Waals surface area contributed by atoms with E-state index in [4.69, 9.17) is 9.47 Å². The van der Waals surface area contributed by atoms with Crippen LogP contribution in [0.4, 0.5) is 15.8 Å². The normalized spacial score (nSPS) is 18.1. The molecule has 3 aromatic carbocycles. The molecule has 0 bridgehead atoms. The molecule has 2 aliphatic rings. The number of allylic oxidation sites excluding steroid dienone is 1. The third kappa shape index (κ3) is 6.10. The van der Waals surface area contributed by atoms with Crippen LogP contribution in [0.2, 0.25) is 0 Å². The molecule has 5 rings (SSSR count). The van der Waals surface area contributed by atoms with E-state index >= 15 is 4.39 Å². The van der Waals surface area contributed by atoms with Crippen LogP contribution in [-0.2, 0) is 21.1 Å². The average molecular weight is 619 g/mol. The summed E-state index contributed by atoms with van der Waals surface area (Å²) in [5.41, 5.74) is 0.581. The smallest absolute Gasteiger partial charge is 0.232 e. The highest BCUT2D eigenvalue weighted by atomic mass is 32.2. The fraction of sp³-hybridized carbons (Fsp3) is 0.324. The topological polar surface area (TPSA) is 105 Å². The van der Waals surface area contributed by atoms with E-state index in [1.165, 1.54) is 29.2 Å². The predicted molar refractivity (Wildman–Crippen MR) is 168 cm³/mol. The number of aromatic hydroxyl groups is 1. The van der Waals surface area contributed by atoms with Gasteiger partial charge in [0.15, 0.2) is 9.84 Å². The molecule has 2 heterocycles. The zero-order valence-corrected chi connectivity index (χ0v) is 25.9. The number of phenolic OH excluding ortho intramolecular Hbond substituents is 1. The van der Waals surface area contributed by atoms with Crippen LogP contribution in [0.5, 0.6) is 17.2 Å². The number of rotatable bonds is 7. The first-order valence-electron chi connectivity index (χ1n) is 14.3. The Morgan fingerprint density at radius 1 is 1.14 bits per heavy atom. The molecule has 0 radical (unpaired) electrons. The summed E-state index contributed by atoms with van der Waals surface area (Å²) < 4.78 is 55.7. The largest absolute Gasteiger partial charge is 0.506 e. The number of amides is 1. The second-order valence-corrected chi connectivity index (χ2v) is 13.5. The van der Waals surface area contributed by atoms with Gasteiger partial charge in [-0.25, -0.2) is 12.8 Å². The number of hydrogen-bond donors (Lipinski definition) is 2. The Morgan fingerprint density at radius 3 is 2.64 bits per heavy atom. The first-order chi connectivity index (χ1) is 21.0. The lowest BCUT2D eigenvalue weighted by Gasteiger charge is -2.37. The summed E-state index contributed by atoms with van der Waals surface area (Å²) in [4.78, 5) is 15.7. The Morgan fingerprint density at radius 2 is 1.91 bits per heavy atom. The van der Waals surface area contributed by atoms with Gasteiger partial charge in [-0.2, -0.15) is 0 Å². The first kappa shape index (κ1) is 31.0. The minimum Gasteiger partial charge on any atom is -0.506 e. The summed E-state index contributed by atoms with van der Waals surface area (Å²) in [5.74, 6) is 4.55. The Kier molecular flexibility index (Phi) is 8.62. The molecule has 0 aromatic heterocycles. The zero-order valence-electron chi connectivity index (χ0n) is 25.1. The van der Waals surface area contributed by atoms with Crippen molar-refractivity contribution in [2.45, 2.75) is 46.6 Å². The van der Waals surface area contributed by atoms with Crippen molar-refractivity contribution < 1.29 is 32.2 Å². The molecule has 0 saturated heterocycles. The maximum atomic E-state index is 16.2. The molecule has 0 aliphatic carbocycles. The number of para-hydroxylation sites is 2. The van der Waals surface area contributed by atoms with Crippen molar-refractivity contribution in [2.24, 2.45) is 5.41 Å². The number of nitrogens with one attached hydrogen (secondary N) is 1. The van der Waals surface area contributed by atoms with Gasteiger partial charge in [0.05, 0.1) is 29.4 Å². The molecule has 0 fully saturated rings. The zero-order chi connectivity index (χ0) is 31.6. The summed E-state index contributed by atoms with van der Waals surface area (Å²) >= 11 is 0. The fourth-order valence-corrected chi connectivity index (χ4v) is 8.22. The van der Waals surface area contributed by atoms with Crippen molar-refractivity contribution in [3.8, 4) is 29.1 Å². The lowest BCUT2D eigenvalue weighted by atomic mass is 9.88. The van der Waals surface area contributed by atoms with Crippen LogP contribution >= 0.6 is 0 Å². The molecule has 0 spiro atoms. The summed E-state index contributed by atoms with van der Waals surface area (Å²) in [7, 11) is -4.04. The minimum absolute atomic E-state index is 0.0286. The molecule has 1 atom stereocenters. The van der Waals surface area contributed by atoms with Gasteiger partial charge in [-0.05, 0) is 56.0 Å². The van der Waals surface area contributed by atoms with Crippen molar-refractivity contribution in [1.82, 2.24) is 0 Å². The summed E-state index contributed by atoms with van der Waals surface area (Å²) in [6.45, 7) is 7.60. The van der Waals surface area contributed by atoms with Crippen LogP contribution in [-0.4, -0.2) is 38.4 Å². The number of halogens is 1. The molecular weight excluding hydrogens is 583 g/mol. The van der Waals surface area contributed by atoms with Crippen molar-refractivity contribution >= 4 is 27.1 Å². The Bertz CT molecular complexity index is 1810. The lowest BCUT2D eigenvalue weighted by molar-refractivity contribution is -0.118. The van der Waals surface area contributed by atoms with Crippen LogP contribution in [0.25, 0.3) is 0 Å². The van der Waals surface area contributed by atoms with Gasteiger partial charge in [0.2, 0.25) is 5.91 Å². The molecule has 10 heteroatoms. The lowest BCUT2D eigenvalue weighted by Crippen LogP contribution is -2.42. The molecule has 44 heavy (non-hydrogen) atoms. The predicted octanol–water partition coefficient (Wildman–Crippen LogP) is 6.13. The van der Waals surface area contributed by atoms with Gasteiger partial charge in [-0.1, -0.05) is 44.0 Å². The van der Waals surface area contributed by atoms with Crippen LogP contribution in [0, 0.1) is 23.1 Å². The SMILES string of the molecule is CC#CCOc1ccc([C@H]2C3=C(CC(C)(C)CS3(=O)=O)Nc3c(O)cccc3N2C(=O)Cc2ccccc2OCC)c(F)c1. The summed E-state index contributed by atoms with van der Waals surface area (Å²) in [6.07, 6.45) is 0.119. The highest BCUT2D eigenvalue weighted by Crippen LogP contribution is 2.51. The molecule has 0 saturated carbocycles. The van der Waals surface area contributed by atoms with E-state index in [0.29, 0.717) is 30.0 Å². The molecule has 1 amide bonds. The number of benzene rings is 3. The maximum Gasteiger partial charge on any atom is 0.232 e. The molecule has 8 nitrogen and oxygen atoms in total. The van der Waals surface area contributed by atoms with Gasteiger partial charge in [-0.3, -0.25) is 9.69 Å². The third-order valence-electron chi connectivity index (χ3n) is 7.57. The highest BCUT2D eigenvalue weighted by Gasteiger charge is 2.47. The van der Waals surface area contributed by atoms with Gasteiger partial charge >= 0.3 is 0 Å². The second kappa shape index (κ2) is 12.2. The van der Waals surface area contributed by atoms with Gasteiger partial charge < -0.3 is 19.9 Å². The van der Waals surface area contributed by atoms with Crippen LogP contribution < -0.4 is 19.7 Å². The number of carbonyl (C=O) groups is 1. The Hall–Kier alpha value is -4.49. The molecule has 0 unspecified atom stereocenters. The number of nitrogens with zero attached hydrogens (tertiary/aromatic N) is 1. The molecular formula is C34H35FN2O6S. The number of sulfone groups is 1. The highest BCUT2D eigenvalue weighted by molar-refractivity contribution is 7.95. The van der Waals surface area contributed by atoms with E-state index in [0.717, 1.165) is 0 Å². The number of ether oxygens (including phenoxy) is 2. The number of phenols is 1. The number of carbonyl (C=O) groups excluding carboxylic acids is 1. The van der Waals surface area contributed by atoms with E-state index in [2.05, 4.69) is 17.2 Å². The quantitative estimate of drug-likeness (QED) is 0.242. The van der Waals surface area contributed by atoms with Gasteiger partial charge in [-0.15, -0.1) is 5.92 Å². The third-order valence-corrected chi connectivity index (χ3v) is 9.87. The van der Waals surface area contributed by atoms with Crippen LogP contribution in [0.15, 0.2) is 71.3 Å². The van der Waals surface area contributed by atoms with E-state index in [-0.39, 0.29) is 52.1 Å². The average Bonchev–Trinajstić information content (AvgIpc) is 3.09. The van der Waals surface area contributed by atoms with E-state index < -0.39 is 33.0 Å². The first-order valence-corrected chi connectivity index (χ1v) is 16.0. The van der Waals surface area contributed by atoms with Gasteiger partial charge in [0.1, 0.15) is 41.4 Å². The van der Waals surface area contributed by atoms with E-state index in [1.807, 2.05) is 20.8 Å². The van der Waals surface area contributed by atoms with Crippen LogP contribution in [0.3, 0.4) is 0 Å². The van der Waals surface area contributed by atoms with Gasteiger partial charge in [0, 0.05) is 22.9 Å². The molecule has 3 aromatic rings. The van der Waals surface area contributed by atoms with E-state index in [1.54, 1.807) is 43.3 Å². The standard InChI is InChI=1S/C34H35FN2O6S/c1-5-7-17-43-23-15-16-24(25(35)19-23)32-33-26(20-34(3,4)21-44(33,40)41)36-31-27(12-10-13-28(31)38)37(32)30(39)18-22-11-8-9-14-29(22)42-6-2/h8-16,19,32,36,38H,6,17-18,20-21H2,1-4H3/t32-/m0/s1. The number of anilines is 2. The van der Waals surface area contributed by atoms with Gasteiger partial charge in [0.25, 0.3) is 0 Å². The Balaban J connectivity index is 1.75. The number of hydrogen-bond acceptors (Lipinski definition) is 7. The monoisotopic (exact) mass is 618 g/mol. The maximum absolute atomic E-state index is 16.2. The van der Waals surface area contributed by atoms with Crippen molar-refractivity contribution in [2.75, 3.05) is 29.2 Å². The molecule has 230 valence electrons. The molecule has 2 N–H and O–H groups in total. The summed E-state index contributed by atoms with van der Waals surface area (Å²) in [6, 6.07) is 14.5. The van der Waals surface area contributed by atoms with Crippen molar-refractivity contribution in [3.63, 3.8) is 0 Å².